The van der Waals surface area contributed by atoms with Gasteiger partial charge in [0.15, 0.2) is 6.10 Å². The zero-order valence-corrected chi connectivity index (χ0v) is 37.8. The second-order valence-electron chi connectivity index (χ2n) is 14.5. The second kappa shape index (κ2) is 44.5. The third-order valence-corrected chi connectivity index (χ3v) is 9.97. The Morgan fingerprint density at radius 2 is 0.932 bits per heavy atom. The monoisotopic (exact) mass is 844 g/mol. The van der Waals surface area contributed by atoms with Crippen LogP contribution in [0.15, 0.2) is 97.2 Å². The highest BCUT2D eigenvalue weighted by Gasteiger charge is 2.26. The summed E-state index contributed by atoms with van der Waals surface area (Å²) >= 11 is 0. The van der Waals surface area contributed by atoms with Crippen LogP contribution >= 0.6 is 7.82 Å². The van der Waals surface area contributed by atoms with Crippen molar-refractivity contribution in [1.82, 2.24) is 0 Å². The van der Waals surface area contributed by atoms with Crippen molar-refractivity contribution in [3.8, 4) is 0 Å². The normalized spacial score (nSPS) is 14.2. The van der Waals surface area contributed by atoms with Crippen LogP contribution < -0.4 is 5.73 Å². The van der Waals surface area contributed by atoms with Crippen LogP contribution in [-0.4, -0.2) is 49.3 Å². The first-order chi connectivity index (χ1) is 28.8. The highest BCUT2D eigenvalue weighted by atomic mass is 31.2. The Balaban J connectivity index is 4.04. The van der Waals surface area contributed by atoms with Crippen molar-refractivity contribution in [3.05, 3.63) is 97.2 Å². The lowest BCUT2D eigenvalue weighted by atomic mass is 10.1. The molecule has 59 heavy (non-hydrogen) atoms. The summed E-state index contributed by atoms with van der Waals surface area (Å²) < 4.78 is 32.6. The van der Waals surface area contributed by atoms with Gasteiger partial charge in [-0.15, -0.1) is 0 Å². The molecule has 0 amide bonds. The van der Waals surface area contributed by atoms with E-state index in [0.717, 1.165) is 116 Å². The van der Waals surface area contributed by atoms with Gasteiger partial charge in [0.2, 0.25) is 0 Å². The molecule has 0 aliphatic heterocycles. The summed E-state index contributed by atoms with van der Waals surface area (Å²) in [5.41, 5.74) is 5.33. The fraction of sp³-hybridized carbons (Fsp3) is 0.633. The summed E-state index contributed by atoms with van der Waals surface area (Å²) in [5, 5.41) is 0. The lowest BCUT2D eigenvalue weighted by Crippen LogP contribution is -2.29. The Hall–Kier alpha value is -3.07. The van der Waals surface area contributed by atoms with Crippen molar-refractivity contribution in [1.29, 1.82) is 0 Å². The quantitative estimate of drug-likeness (QED) is 0.0267. The van der Waals surface area contributed by atoms with Gasteiger partial charge in [0.1, 0.15) is 6.61 Å². The molecule has 0 saturated heterocycles. The molecule has 9 nitrogen and oxygen atoms in total. The van der Waals surface area contributed by atoms with E-state index < -0.39 is 32.5 Å². The SMILES string of the molecule is CC/C=C\C/C=C\C/C=C\C/C=C\C/C=C\C/C=C\C/C=C\C/C=C\CCCCCCCCC(=O)OC(COC(=O)CCCCCCCCC)COP(=O)(O)OCCN. The van der Waals surface area contributed by atoms with Gasteiger partial charge in [0.05, 0.1) is 13.2 Å². The molecule has 0 bridgehead atoms. The minimum Gasteiger partial charge on any atom is -0.462 e. The fourth-order valence-corrected chi connectivity index (χ4v) is 6.41. The van der Waals surface area contributed by atoms with Gasteiger partial charge in [-0.1, -0.05) is 175 Å². The number of carbonyl (C=O) groups is 2. The molecule has 0 radical (unpaired) electrons. The number of esters is 2. The maximum absolute atomic E-state index is 12.6. The molecule has 0 heterocycles. The molecule has 0 aromatic carbocycles. The lowest BCUT2D eigenvalue weighted by molar-refractivity contribution is -0.161. The Labute approximate surface area is 359 Å². The Morgan fingerprint density at radius 1 is 0.525 bits per heavy atom. The standard InChI is InChI=1S/C49H82NO8P/c1-3-5-7-9-11-12-13-14-15-16-17-18-19-20-21-22-23-24-25-26-27-28-29-30-31-32-33-34-36-38-40-42-49(52)58-47(46-57-59(53,54)56-44-43-50)45-55-48(51)41-39-37-35-10-8-6-4-2/h5,7,11-12,14-15,17-18,20-21,23-24,26-27,29-30,47H,3-4,6,8-10,13,16,19,22,25,28,31-46,50H2,1-2H3,(H,53,54)/b7-5-,12-11-,15-14-,18-17-,21-20-,24-23-,27-26-,30-29-. The molecule has 0 aromatic rings. The van der Waals surface area contributed by atoms with Crippen molar-refractivity contribution in [2.45, 2.75) is 174 Å². The van der Waals surface area contributed by atoms with Crippen LogP contribution in [-0.2, 0) is 32.7 Å². The number of hydrogen-bond acceptors (Lipinski definition) is 8. The van der Waals surface area contributed by atoms with Crippen molar-refractivity contribution in [2.24, 2.45) is 5.73 Å². The first kappa shape index (κ1) is 55.9. The maximum Gasteiger partial charge on any atom is 0.472 e. The first-order valence-electron chi connectivity index (χ1n) is 22.7. The van der Waals surface area contributed by atoms with Crippen LogP contribution in [0, 0.1) is 0 Å². The Kier molecular flexibility index (Phi) is 42.2. The smallest absolute Gasteiger partial charge is 0.462 e. The van der Waals surface area contributed by atoms with Crippen LogP contribution in [0.4, 0.5) is 0 Å². The van der Waals surface area contributed by atoms with Crippen molar-refractivity contribution < 1.29 is 37.6 Å². The number of hydrogen-bond donors (Lipinski definition) is 2. The number of phosphoric ester groups is 1. The number of unbranched alkanes of at least 4 members (excludes halogenated alkanes) is 12. The molecule has 10 heteroatoms. The molecule has 0 fully saturated rings. The Morgan fingerprint density at radius 3 is 1.39 bits per heavy atom. The largest absolute Gasteiger partial charge is 0.472 e. The molecule has 0 spiro atoms. The molecule has 0 rings (SSSR count). The molecule has 0 aliphatic carbocycles. The summed E-state index contributed by atoms with van der Waals surface area (Å²) in [6, 6.07) is 0. The van der Waals surface area contributed by atoms with Crippen molar-refractivity contribution in [2.75, 3.05) is 26.4 Å². The number of nitrogens with two attached hydrogens (primary N) is 1. The minimum absolute atomic E-state index is 0.0463. The summed E-state index contributed by atoms with van der Waals surface area (Å²) in [6.45, 7) is 3.52. The van der Waals surface area contributed by atoms with E-state index in [4.69, 9.17) is 24.3 Å². The van der Waals surface area contributed by atoms with Gasteiger partial charge in [0, 0.05) is 19.4 Å². The van der Waals surface area contributed by atoms with Gasteiger partial charge < -0.3 is 20.1 Å². The van der Waals surface area contributed by atoms with Crippen LogP contribution in [0.1, 0.15) is 168 Å². The van der Waals surface area contributed by atoms with Gasteiger partial charge >= 0.3 is 19.8 Å². The average molecular weight is 844 g/mol. The topological polar surface area (TPSA) is 134 Å². The van der Waals surface area contributed by atoms with E-state index in [-0.39, 0.29) is 32.6 Å². The Bertz CT molecular complexity index is 1280. The predicted octanol–water partition coefficient (Wildman–Crippen LogP) is 13.4. The van der Waals surface area contributed by atoms with Crippen LogP contribution in [0.5, 0.6) is 0 Å². The highest BCUT2D eigenvalue weighted by molar-refractivity contribution is 7.47. The van der Waals surface area contributed by atoms with E-state index in [1.54, 1.807) is 0 Å². The van der Waals surface area contributed by atoms with Gasteiger partial charge in [-0.25, -0.2) is 4.57 Å². The van der Waals surface area contributed by atoms with Crippen molar-refractivity contribution >= 4 is 19.8 Å². The van der Waals surface area contributed by atoms with E-state index >= 15 is 0 Å². The number of rotatable bonds is 41. The zero-order valence-electron chi connectivity index (χ0n) is 36.9. The van der Waals surface area contributed by atoms with Crippen LogP contribution in [0.25, 0.3) is 0 Å². The average Bonchev–Trinajstić information content (AvgIpc) is 3.22. The van der Waals surface area contributed by atoms with Crippen molar-refractivity contribution in [3.63, 3.8) is 0 Å². The highest BCUT2D eigenvalue weighted by Crippen LogP contribution is 2.43. The molecule has 0 aliphatic rings. The van der Waals surface area contributed by atoms with E-state index in [1.807, 2.05) is 0 Å². The molecular weight excluding hydrogens is 762 g/mol. The number of phosphoric acid groups is 1. The van der Waals surface area contributed by atoms with Gasteiger partial charge in [-0.05, 0) is 77.0 Å². The van der Waals surface area contributed by atoms with E-state index in [9.17, 15) is 19.0 Å². The molecule has 2 atom stereocenters. The fourth-order valence-electron chi connectivity index (χ4n) is 5.65. The van der Waals surface area contributed by atoms with E-state index in [0.29, 0.717) is 6.42 Å². The molecule has 0 saturated carbocycles. The van der Waals surface area contributed by atoms with Gasteiger partial charge in [-0.3, -0.25) is 18.6 Å². The van der Waals surface area contributed by atoms with Crippen LogP contribution in [0.3, 0.4) is 0 Å². The van der Waals surface area contributed by atoms with Gasteiger partial charge in [-0.2, -0.15) is 0 Å². The molecule has 0 aromatic heterocycles. The number of allylic oxidation sites excluding steroid dienone is 16. The summed E-state index contributed by atoms with van der Waals surface area (Å²) in [5.74, 6) is -0.861. The molecule has 3 N–H and O–H groups in total. The van der Waals surface area contributed by atoms with E-state index in [2.05, 4.69) is 111 Å². The number of carbonyl (C=O) groups excluding carboxylic acids is 2. The third kappa shape index (κ3) is 44.3. The predicted molar refractivity (Wildman–Crippen MR) is 247 cm³/mol. The summed E-state index contributed by atoms with van der Waals surface area (Å²) in [4.78, 5) is 34.7. The molecule has 2 unspecified atom stereocenters. The van der Waals surface area contributed by atoms with E-state index in [1.165, 1.54) is 19.3 Å². The maximum atomic E-state index is 12.6. The lowest BCUT2D eigenvalue weighted by Gasteiger charge is -2.19. The molecular formula is C49H82NO8P. The number of ether oxygens (including phenoxy) is 2. The third-order valence-electron chi connectivity index (χ3n) is 8.98. The molecule has 336 valence electrons. The first-order valence-corrected chi connectivity index (χ1v) is 24.2. The summed E-state index contributed by atoms with van der Waals surface area (Å²) in [7, 11) is -4.38. The summed E-state index contributed by atoms with van der Waals surface area (Å²) in [6.07, 6.45) is 57.6. The van der Waals surface area contributed by atoms with Crippen LogP contribution in [0.2, 0.25) is 0 Å². The van der Waals surface area contributed by atoms with Gasteiger partial charge in [0.25, 0.3) is 0 Å². The minimum atomic E-state index is -4.38. The second-order valence-corrected chi connectivity index (χ2v) is 16.0. The zero-order chi connectivity index (χ0) is 43.2.